The predicted molar refractivity (Wildman–Crippen MR) is 74.5 cm³/mol. The van der Waals surface area contributed by atoms with Crippen LogP contribution in [0, 0.1) is 0 Å². The number of nitrogens with two attached hydrogens (primary N) is 1. The maximum Gasteiger partial charge on any atom is 0.132 e. The number of thiophene rings is 1. The zero-order chi connectivity index (χ0) is 12.4. The van der Waals surface area contributed by atoms with Gasteiger partial charge in [-0.2, -0.15) is 0 Å². The molecule has 3 rings (SSSR count). The van der Waals surface area contributed by atoms with E-state index in [2.05, 4.69) is 22.5 Å². The maximum absolute atomic E-state index is 5.94. The van der Waals surface area contributed by atoms with Crippen LogP contribution < -0.4 is 5.73 Å². The fourth-order valence-electron chi connectivity index (χ4n) is 2.51. The van der Waals surface area contributed by atoms with Crippen molar-refractivity contribution in [2.75, 3.05) is 0 Å². The fraction of sp³-hybridized carbons (Fsp3) is 0.429. The second kappa shape index (κ2) is 5.16. The monoisotopic (exact) mass is 259 g/mol. The largest absolute Gasteiger partial charge is 0.328 e. The number of aromatic nitrogens is 2. The Morgan fingerprint density at radius 3 is 2.72 bits per heavy atom. The molecule has 0 bridgehead atoms. The first-order valence-electron chi connectivity index (χ1n) is 6.45. The van der Waals surface area contributed by atoms with Crippen LogP contribution in [0.15, 0.2) is 29.8 Å². The summed E-state index contributed by atoms with van der Waals surface area (Å²) in [7, 11) is 0. The third kappa shape index (κ3) is 2.44. The second-order valence-electron chi connectivity index (χ2n) is 4.89. The standard InChI is InChI=1S/C14H17N3S/c15-11-5-3-10(4-6-11)14-16-8-7-12(17-14)13-2-1-9-18-13/h1-2,7-11H,3-6,15H2. The van der Waals surface area contributed by atoms with Crippen molar-refractivity contribution < 1.29 is 0 Å². The van der Waals surface area contributed by atoms with Gasteiger partial charge in [-0.25, -0.2) is 9.97 Å². The molecule has 0 amide bonds. The Hall–Kier alpha value is -1.26. The van der Waals surface area contributed by atoms with Crippen LogP contribution in [0.5, 0.6) is 0 Å². The van der Waals surface area contributed by atoms with Crippen LogP contribution >= 0.6 is 11.3 Å². The molecule has 2 aromatic heterocycles. The van der Waals surface area contributed by atoms with Crippen LogP contribution in [-0.2, 0) is 0 Å². The molecule has 0 spiro atoms. The molecule has 18 heavy (non-hydrogen) atoms. The van der Waals surface area contributed by atoms with Crippen molar-refractivity contribution in [1.29, 1.82) is 0 Å². The van der Waals surface area contributed by atoms with Gasteiger partial charge in [-0.15, -0.1) is 11.3 Å². The van der Waals surface area contributed by atoms with Crippen LogP contribution in [-0.4, -0.2) is 16.0 Å². The van der Waals surface area contributed by atoms with Gasteiger partial charge < -0.3 is 5.73 Å². The molecule has 0 unspecified atom stereocenters. The highest BCUT2D eigenvalue weighted by Crippen LogP contribution is 2.31. The van der Waals surface area contributed by atoms with E-state index in [0.29, 0.717) is 12.0 Å². The minimum Gasteiger partial charge on any atom is -0.328 e. The van der Waals surface area contributed by atoms with E-state index >= 15 is 0 Å². The van der Waals surface area contributed by atoms with Gasteiger partial charge in [0, 0.05) is 18.2 Å². The Kier molecular flexibility index (Phi) is 3.39. The van der Waals surface area contributed by atoms with Crippen molar-refractivity contribution in [3.63, 3.8) is 0 Å². The summed E-state index contributed by atoms with van der Waals surface area (Å²) in [6, 6.07) is 6.53. The van der Waals surface area contributed by atoms with Crippen LogP contribution in [0.4, 0.5) is 0 Å². The summed E-state index contributed by atoms with van der Waals surface area (Å²) in [4.78, 5) is 10.4. The fourth-order valence-corrected chi connectivity index (χ4v) is 3.20. The van der Waals surface area contributed by atoms with Gasteiger partial charge in [0.1, 0.15) is 5.82 Å². The third-order valence-corrected chi connectivity index (χ3v) is 4.48. The minimum atomic E-state index is 0.377. The highest BCUT2D eigenvalue weighted by Gasteiger charge is 2.22. The van der Waals surface area contributed by atoms with Crippen molar-refractivity contribution in [3.8, 4) is 10.6 Å². The molecule has 1 fully saturated rings. The number of hydrogen-bond acceptors (Lipinski definition) is 4. The quantitative estimate of drug-likeness (QED) is 0.901. The van der Waals surface area contributed by atoms with Crippen molar-refractivity contribution in [1.82, 2.24) is 9.97 Å². The molecule has 2 heterocycles. The van der Waals surface area contributed by atoms with E-state index in [4.69, 9.17) is 10.7 Å². The first-order valence-corrected chi connectivity index (χ1v) is 7.33. The van der Waals surface area contributed by atoms with Gasteiger partial charge in [-0.3, -0.25) is 0 Å². The lowest BCUT2D eigenvalue weighted by Gasteiger charge is -2.24. The van der Waals surface area contributed by atoms with Crippen LogP contribution in [0.1, 0.15) is 37.4 Å². The molecule has 3 nitrogen and oxygen atoms in total. The molecule has 1 saturated carbocycles. The van der Waals surface area contributed by atoms with Crippen LogP contribution in [0.3, 0.4) is 0 Å². The van der Waals surface area contributed by atoms with Gasteiger partial charge in [0.2, 0.25) is 0 Å². The van der Waals surface area contributed by atoms with Gasteiger partial charge in [-0.05, 0) is 43.2 Å². The Balaban J connectivity index is 1.83. The number of hydrogen-bond donors (Lipinski definition) is 1. The Bertz CT molecular complexity index is 502. The average molecular weight is 259 g/mol. The molecule has 2 aromatic rings. The highest BCUT2D eigenvalue weighted by molar-refractivity contribution is 7.13. The van der Waals surface area contributed by atoms with Gasteiger partial charge >= 0.3 is 0 Å². The van der Waals surface area contributed by atoms with Gasteiger partial charge in [-0.1, -0.05) is 6.07 Å². The molecule has 4 heteroatoms. The SMILES string of the molecule is NC1CCC(c2nccc(-c3cccs3)n2)CC1. The maximum atomic E-state index is 5.94. The van der Waals surface area contributed by atoms with Crippen LogP contribution in [0.25, 0.3) is 10.6 Å². The summed E-state index contributed by atoms with van der Waals surface area (Å²) >= 11 is 1.72. The highest BCUT2D eigenvalue weighted by atomic mass is 32.1. The van der Waals surface area contributed by atoms with Crippen molar-refractivity contribution >= 4 is 11.3 Å². The van der Waals surface area contributed by atoms with E-state index in [1.54, 1.807) is 11.3 Å². The minimum absolute atomic E-state index is 0.377. The van der Waals surface area contributed by atoms with Crippen molar-refractivity contribution in [2.45, 2.75) is 37.6 Å². The Labute approximate surface area is 111 Å². The molecular weight excluding hydrogens is 242 g/mol. The smallest absolute Gasteiger partial charge is 0.132 e. The molecule has 94 valence electrons. The lowest BCUT2D eigenvalue weighted by Crippen LogP contribution is -2.26. The van der Waals surface area contributed by atoms with Gasteiger partial charge in [0.05, 0.1) is 10.6 Å². The summed E-state index contributed by atoms with van der Waals surface area (Å²) in [6.45, 7) is 0. The first kappa shape index (κ1) is 11.8. The summed E-state index contributed by atoms with van der Waals surface area (Å²) in [5.41, 5.74) is 6.99. The molecule has 1 aliphatic carbocycles. The topological polar surface area (TPSA) is 51.8 Å². The molecule has 0 radical (unpaired) electrons. The normalized spacial score (nSPS) is 24.1. The second-order valence-corrected chi connectivity index (χ2v) is 5.84. The van der Waals surface area contributed by atoms with E-state index in [1.807, 2.05) is 12.3 Å². The van der Waals surface area contributed by atoms with Crippen molar-refractivity contribution in [2.24, 2.45) is 5.73 Å². The third-order valence-electron chi connectivity index (χ3n) is 3.58. The molecule has 2 N–H and O–H groups in total. The summed E-state index contributed by atoms with van der Waals surface area (Å²) in [5.74, 6) is 1.48. The first-order chi connectivity index (χ1) is 8.83. The van der Waals surface area contributed by atoms with Crippen LogP contribution in [0.2, 0.25) is 0 Å². The molecular formula is C14H17N3S. The molecule has 0 atom stereocenters. The molecule has 0 aliphatic heterocycles. The summed E-state index contributed by atoms with van der Waals surface area (Å²) < 4.78 is 0. The lowest BCUT2D eigenvalue weighted by atomic mass is 9.86. The van der Waals surface area contributed by atoms with Gasteiger partial charge in [0.25, 0.3) is 0 Å². The van der Waals surface area contributed by atoms with E-state index in [1.165, 1.54) is 4.88 Å². The van der Waals surface area contributed by atoms with E-state index in [0.717, 1.165) is 37.2 Å². The van der Waals surface area contributed by atoms with Crippen molar-refractivity contribution in [3.05, 3.63) is 35.6 Å². The van der Waals surface area contributed by atoms with E-state index in [9.17, 15) is 0 Å². The number of nitrogens with zero attached hydrogens (tertiary/aromatic N) is 2. The molecule has 0 saturated heterocycles. The average Bonchev–Trinajstić information content (AvgIpc) is 2.94. The predicted octanol–water partition coefficient (Wildman–Crippen LogP) is 3.19. The number of rotatable bonds is 2. The molecule has 1 aliphatic rings. The lowest BCUT2D eigenvalue weighted by molar-refractivity contribution is 0.385. The zero-order valence-electron chi connectivity index (χ0n) is 10.2. The van der Waals surface area contributed by atoms with E-state index in [-0.39, 0.29) is 0 Å². The zero-order valence-corrected chi connectivity index (χ0v) is 11.1. The Morgan fingerprint density at radius 1 is 1.17 bits per heavy atom. The summed E-state index contributed by atoms with van der Waals surface area (Å²) in [5, 5.41) is 2.08. The van der Waals surface area contributed by atoms with E-state index < -0.39 is 0 Å². The summed E-state index contributed by atoms with van der Waals surface area (Å²) in [6.07, 6.45) is 6.31. The van der Waals surface area contributed by atoms with Gasteiger partial charge in [0.15, 0.2) is 0 Å². The Morgan fingerprint density at radius 2 is 2.00 bits per heavy atom. The molecule has 0 aromatic carbocycles.